The topological polar surface area (TPSA) is 49.3 Å². The monoisotopic (exact) mass is 277 g/mol. The minimum atomic E-state index is -1.37. The summed E-state index contributed by atoms with van der Waals surface area (Å²) in [5, 5.41) is 11.9. The summed E-state index contributed by atoms with van der Waals surface area (Å²) in [7, 11) is 0. The quantitative estimate of drug-likeness (QED) is 0.892. The van der Waals surface area contributed by atoms with Crippen LogP contribution in [0.25, 0.3) is 0 Å². The zero-order valence-corrected chi connectivity index (χ0v) is 10.7. The third-order valence-corrected chi connectivity index (χ3v) is 2.97. The van der Waals surface area contributed by atoms with Crippen molar-refractivity contribution in [1.29, 1.82) is 0 Å². The van der Waals surface area contributed by atoms with E-state index in [0.29, 0.717) is 5.56 Å². The summed E-state index contributed by atoms with van der Waals surface area (Å²) in [5.74, 6) is -2.60. The first-order chi connectivity index (χ1) is 9.50. The lowest BCUT2D eigenvalue weighted by Crippen LogP contribution is -2.13. The van der Waals surface area contributed by atoms with E-state index in [1.54, 1.807) is 25.1 Å². The third kappa shape index (κ3) is 2.77. The normalized spacial score (nSPS) is 11.9. The minimum Gasteiger partial charge on any atom is -0.478 e. The van der Waals surface area contributed by atoms with Crippen LogP contribution in [0.4, 0.5) is 14.5 Å². The first-order valence-corrected chi connectivity index (χ1v) is 6.03. The molecule has 2 aromatic carbocycles. The first kappa shape index (κ1) is 14.0. The number of benzene rings is 2. The van der Waals surface area contributed by atoms with Gasteiger partial charge in [0.25, 0.3) is 0 Å². The number of hydrogen-bond acceptors (Lipinski definition) is 2. The van der Waals surface area contributed by atoms with E-state index < -0.39 is 29.2 Å². The van der Waals surface area contributed by atoms with E-state index in [9.17, 15) is 13.6 Å². The highest BCUT2D eigenvalue weighted by Gasteiger charge is 2.18. The van der Waals surface area contributed by atoms with Crippen LogP contribution in [0.15, 0.2) is 42.5 Å². The van der Waals surface area contributed by atoms with Crippen molar-refractivity contribution in [3.63, 3.8) is 0 Å². The largest absolute Gasteiger partial charge is 0.478 e. The molecule has 0 heterocycles. The van der Waals surface area contributed by atoms with Crippen LogP contribution >= 0.6 is 0 Å². The molecule has 0 aliphatic rings. The van der Waals surface area contributed by atoms with Crippen LogP contribution in [0.3, 0.4) is 0 Å². The molecular weight excluding hydrogens is 264 g/mol. The molecule has 1 unspecified atom stereocenters. The van der Waals surface area contributed by atoms with Gasteiger partial charge in [0.2, 0.25) is 0 Å². The fraction of sp³-hybridized carbons (Fsp3) is 0.133. The molecule has 0 saturated heterocycles. The maximum atomic E-state index is 13.7. The van der Waals surface area contributed by atoms with E-state index in [1.807, 2.05) is 0 Å². The van der Waals surface area contributed by atoms with Crippen LogP contribution < -0.4 is 5.32 Å². The van der Waals surface area contributed by atoms with Gasteiger partial charge in [-0.3, -0.25) is 0 Å². The predicted octanol–water partition coefficient (Wildman–Crippen LogP) is 3.84. The Bertz CT molecular complexity index is 644. The van der Waals surface area contributed by atoms with E-state index in [-0.39, 0.29) is 5.69 Å². The van der Waals surface area contributed by atoms with E-state index in [0.717, 1.165) is 6.07 Å². The number of carboxylic acids is 1. The maximum absolute atomic E-state index is 13.7. The van der Waals surface area contributed by atoms with Gasteiger partial charge in [0.15, 0.2) is 0 Å². The maximum Gasteiger partial charge on any atom is 0.340 e. The van der Waals surface area contributed by atoms with Gasteiger partial charge in [0.1, 0.15) is 17.2 Å². The smallest absolute Gasteiger partial charge is 0.340 e. The summed E-state index contributed by atoms with van der Waals surface area (Å²) in [5.41, 5.74) is 0.0528. The first-order valence-electron chi connectivity index (χ1n) is 6.03. The molecule has 0 aromatic heterocycles. The van der Waals surface area contributed by atoms with Crippen molar-refractivity contribution < 1.29 is 18.7 Å². The van der Waals surface area contributed by atoms with E-state index in [1.165, 1.54) is 18.2 Å². The van der Waals surface area contributed by atoms with Gasteiger partial charge in [-0.05, 0) is 25.1 Å². The van der Waals surface area contributed by atoms with E-state index in [4.69, 9.17) is 5.11 Å². The average molecular weight is 277 g/mol. The SMILES string of the molecule is CC(Nc1cccc(F)c1C(=O)O)c1ccccc1F. The van der Waals surface area contributed by atoms with Crippen LogP contribution in [0.1, 0.15) is 28.9 Å². The van der Waals surface area contributed by atoms with E-state index in [2.05, 4.69) is 5.32 Å². The molecule has 0 aliphatic carbocycles. The standard InChI is InChI=1S/C15H13F2NO2/c1-9(10-5-2-3-6-11(10)16)18-13-8-4-7-12(17)14(13)15(19)20/h2-9,18H,1H3,(H,19,20). The second-order valence-corrected chi connectivity index (χ2v) is 4.36. The molecule has 0 radical (unpaired) electrons. The molecule has 0 saturated carbocycles. The van der Waals surface area contributed by atoms with Gasteiger partial charge in [-0.1, -0.05) is 24.3 Å². The average Bonchev–Trinajstić information content (AvgIpc) is 2.38. The number of rotatable bonds is 4. The molecule has 1 atom stereocenters. The Morgan fingerprint density at radius 3 is 2.40 bits per heavy atom. The van der Waals surface area contributed by atoms with Crippen molar-refractivity contribution in [2.45, 2.75) is 13.0 Å². The highest BCUT2D eigenvalue weighted by molar-refractivity contribution is 5.94. The van der Waals surface area contributed by atoms with Crippen molar-refractivity contribution >= 4 is 11.7 Å². The molecule has 104 valence electrons. The minimum absolute atomic E-state index is 0.119. The molecule has 0 spiro atoms. The fourth-order valence-corrected chi connectivity index (χ4v) is 2.00. The molecule has 0 amide bonds. The van der Waals surface area contributed by atoms with E-state index >= 15 is 0 Å². The Kier molecular flexibility index (Phi) is 3.98. The van der Waals surface area contributed by atoms with Crippen LogP contribution in [0, 0.1) is 11.6 Å². The van der Waals surface area contributed by atoms with Crippen LogP contribution in [-0.2, 0) is 0 Å². The van der Waals surface area contributed by atoms with Crippen LogP contribution in [0.2, 0.25) is 0 Å². The number of anilines is 1. The van der Waals surface area contributed by atoms with Gasteiger partial charge < -0.3 is 10.4 Å². The highest BCUT2D eigenvalue weighted by Crippen LogP contribution is 2.25. The van der Waals surface area contributed by atoms with Gasteiger partial charge in [0, 0.05) is 5.56 Å². The van der Waals surface area contributed by atoms with Gasteiger partial charge in [-0.2, -0.15) is 0 Å². The van der Waals surface area contributed by atoms with Crippen molar-refractivity contribution in [1.82, 2.24) is 0 Å². The molecular formula is C15H13F2NO2. The summed E-state index contributed by atoms with van der Waals surface area (Å²) < 4.78 is 27.2. The molecule has 3 nitrogen and oxygen atoms in total. The molecule has 0 aliphatic heterocycles. The Balaban J connectivity index is 2.33. The van der Waals surface area contributed by atoms with Crippen molar-refractivity contribution in [3.05, 3.63) is 65.2 Å². The summed E-state index contributed by atoms with van der Waals surface area (Å²) in [6.07, 6.45) is 0. The number of carboxylic acid groups (broad SMARTS) is 1. The number of nitrogens with one attached hydrogen (secondary N) is 1. The van der Waals surface area contributed by atoms with Crippen LogP contribution in [0.5, 0.6) is 0 Å². The second-order valence-electron chi connectivity index (χ2n) is 4.36. The van der Waals surface area contributed by atoms with Crippen molar-refractivity contribution in [2.24, 2.45) is 0 Å². The lowest BCUT2D eigenvalue weighted by molar-refractivity contribution is 0.0693. The number of hydrogen-bond donors (Lipinski definition) is 2. The lowest BCUT2D eigenvalue weighted by Gasteiger charge is -2.18. The second kappa shape index (κ2) is 5.69. The Hall–Kier alpha value is -2.43. The summed E-state index contributed by atoms with van der Waals surface area (Å²) in [4.78, 5) is 11.1. The Morgan fingerprint density at radius 2 is 1.75 bits per heavy atom. The summed E-state index contributed by atoms with van der Waals surface area (Å²) in [6, 6.07) is 9.58. The molecule has 5 heteroatoms. The predicted molar refractivity (Wildman–Crippen MR) is 71.8 cm³/mol. The zero-order chi connectivity index (χ0) is 14.7. The summed E-state index contributed by atoms with van der Waals surface area (Å²) >= 11 is 0. The van der Waals surface area contributed by atoms with Gasteiger partial charge >= 0.3 is 5.97 Å². The lowest BCUT2D eigenvalue weighted by atomic mass is 10.1. The fourth-order valence-electron chi connectivity index (χ4n) is 2.00. The highest BCUT2D eigenvalue weighted by atomic mass is 19.1. The molecule has 20 heavy (non-hydrogen) atoms. The molecule has 2 N–H and O–H groups in total. The molecule has 0 fully saturated rings. The van der Waals surface area contributed by atoms with Gasteiger partial charge in [-0.25, -0.2) is 13.6 Å². The van der Waals surface area contributed by atoms with Crippen molar-refractivity contribution in [2.75, 3.05) is 5.32 Å². The van der Waals surface area contributed by atoms with Crippen LogP contribution in [-0.4, -0.2) is 11.1 Å². The number of carbonyl (C=O) groups is 1. The Morgan fingerprint density at radius 1 is 1.10 bits per heavy atom. The number of halogens is 2. The zero-order valence-electron chi connectivity index (χ0n) is 10.7. The van der Waals surface area contributed by atoms with Gasteiger partial charge in [0.05, 0.1) is 11.7 Å². The van der Waals surface area contributed by atoms with Crippen molar-refractivity contribution in [3.8, 4) is 0 Å². The summed E-state index contributed by atoms with van der Waals surface area (Å²) in [6.45, 7) is 1.68. The molecule has 0 bridgehead atoms. The number of aromatic carboxylic acids is 1. The van der Waals surface area contributed by atoms with Gasteiger partial charge in [-0.15, -0.1) is 0 Å². The molecule has 2 rings (SSSR count). The third-order valence-electron chi connectivity index (χ3n) is 2.97. The molecule has 2 aromatic rings. The Labute approximate surface area is 114 Å².